The Morgan fingerprint density at radius 3 is 2.83 bits per heavy atom. The van der Waals surface area contributed by atoms with E-state index in [0.29, 0.717) is 0 Å². The maximum absolute atomic E-state index is 13.6. The molecule has 0 fully saturated rings. The van der Waals surface area contributed by atoms with E-state index >= 15 is 0 Å². The molecule has 0 aliphatic rings. The summed E-state index contributed by atoms with van der Waals surface area (Å²) < 4.78 is 19.1. The molecule has 1 atom stereocenters. The van der Waals surface area contributed by atoms with Crippen molar-refractivity contribution in [3.05, 3.63) is 59.7 Å². The molecule has 2 aromatic rings. The van der Waals surface area contributed by atoms with Crippen molar-refractivity contribution < 1.29 is 9.13 Å². The van der Waals surface area contributed by atoms with E-state index in [1.165, 1.54) is 12.1 Å². The van der Waals surface area contributed by atoms with Crippen molar-refractivity contribution in [1.29, 1.82) is 5.26 Å². The largest absolute Gasteiger partial charge is 0.483 e. The summed E-state index contributed by atoms with van der Waals surface area (Å²) in [5.74, 6) is -0.407. The van der Waals surface area contributed by atoms with Gasteiger partial charge in [0.25, 0.3) is 0 Å². The molecule has 0 bridgehead atoms. The van der Waals surface area contributed by atoms with E-state index in [1.807, 2.05) is 19.1 Å². The molecule has 0 N–H and O–H groups in total. The molecule has 0 aliphatic heterocycles. The van der Waals surface area contributed by atoms with Gasteiger partial charge in [-0.25, -0.2) is 4.39 Å². The second kappa shape index (κ2) is 5.28. The molecule has 0 radical (unpaired) electrons. The third-order valence-electron chi connectivity index (χ3n) is 2.52. The van der Waals surface area contributed by atoms with Gasteiger partial charge in [-0.05, 0) is 31.2 Å². The standard InChI is InChI=1S/C14H11FN2O/c1-10(12-3-2-6-17-9-12)18-14-5-4-11(8-16)7-13(14)15/h2-7,9-10H,1H3. The summed E-state index contributed by atoms with van der Waals surface area (Å²) in [6, 6.07) is 9.67. The zero-order valence-electron chi connectivity index (χ0n) is 9.80. The van der Waals surface area contributed by atoms with E-state index < -0.39 is 5.82 Å². The SMILES string of the molecule is CC(Oc1ccc(C#N)cc1F)c1cccnc1. The summed E-state index contributed by atoms with van der Waals surface area (Å²) in [5.41, 5.74) is 1.13. The minimum absolute atomic E-state index is 0.130. The lowest BCUT2D eigenvalue weighted by Crippen LogP contribution is -2.04. The van der Waals surface area contributed by atoms with Crippen molar-refractivity contribution in [3.8, 4) is 11.8 Å². The van der Waals surface area contributed by atoms with Crippen LogP contribution >= 0.6 is 0 Å². The Morgan fingerprint density at radius 1 is 1.39 bits per heavy atom. The van der Waals surface area contributed by atoms with Crippen LogP contribution in [0.1, 0.15) is 24.2 Å². The first kappa shape index (κ1) is 12.1. The minimum Gasteiger partial charge on any atom is -0.483 e. The number of aromatic nitrogens is 1. The van der Waals surface area contributed by atoms with E-state index in [2.05, 4.69) is 4.98 Å². The smallest absolute Gasteiger partial charge is 0.166 e. The highest BCUT2D eigenvalue weighted by atomic mass is 19.1. The van der Waals surface area contributed by atoms with Gasteiger partial charge in [0.15, 0.2) is 11.6 Å². The van der Waals surface area contributed by atoms with Gasteiger partial charge in [0.05, 0.1) is 11.6 Å². The highest BCUT2D eigenvalue weighted by Crippen LogP contribution is 2.24. The molecule has 90 valence electrons. The minimum atomic E-state index is -0.537. The molecule has 0 saturated carbocycles. The van der Waals surface area contributed by atoms with Crippen molar-refractivity contribution in [1.82, 2.24) is 4.98 Å². The number of ether oxygens (including phenoxy) is 1. The Kier molecular flexibility index (Phi) is 3.54. The normalized spacial score (nSPS) is 11.6. The zero-order chi connectivity index (χ0) is 13.0. The van der Waals surface area contributed by atoms with E-state index in [9.17, 15) is 4.39 Å². The lowest BCUT2D eigenvalue weighted by atomic mass is 10.2. The molecule has 3 nitrogen and oxygen atoms in total. The van der Waals surface area contributed by atoms with Crippen molar-refractivity contribution in [2.24, 2.45) is 0 Å². The van der Waals surface area contributed by atoms with Gasteiger partial charge < -0.3 is 4.74 Å². The van der Waals surface area contributed by atoms with Gasteiger partial charge in [0.2, 0.25) is 0 Å². The number of pyridine rings is 1. The van der Waals surface area contributed by atoms with Crippen LogP contribution in [0.15, 0.2) is 42.7 Å². The zero-order valence-corrected chi connectivity index (χ0v) is 9.80. The van der Waals surface area contributed by atoms with Crippen molar-refractivity contribution in [2.75, 3.05) is 0 Å². The molecular weight excluding hydrogens is 231 g/mol. The molecule has 0 saturated heterocycles. The van der Waals surface area contributed by atoms with Gasteiger partial charge in [0, 0.05) is 18.0 Å². The van der Waals surface area contributed by atoms with E-state index in [4.69, 9.17) is 10.00 Å². The van der Waals surface area contributed by atoms with E-state index in [0.717, 1.165) is 11.6 Å². The highest BCUT2D eigenvalue weighted by Gasteiger charge is 2.11. The molecule has 4 heteroatoms. The van der Waals surface area contributed by atoms with Crippen LogP contribution in [0.3, 0.4) is 0 Å². The van der Waals surface area contributed by atoms with Crippen molar-refractivity contribution >= 4 is 0 Å². The Balaban J connectivity index is 2.18. The summed E-state index contributed by atoms with van der Waals surface area (Å²) in [6.07, 6.45) is 3.03. The Hall–Kier alpha value is -2.41. The van der Waals surface area contributed by atoms with Gasteiger partial charge in [-0.1, -0.05) is 6.07 Å². The molecule has 1 unspecified atom stereocenters. The van der Waals surface area contributed by atoms with Crippen LogP contribution in [0.5, 0.6) is 5.75 Å². The summed E-state index contributed by atoms with van der Waals surface area (Å²) in [6.45, 7) is 1.81. The number of rotatable bonds is 3. The van der Waals surface area contributed by atoms with Gasteiger partial charge in [-0.2, -0.15) is 5.26 Å². The van der Waals surface area contributed by atoms with Gasteiger partial charge in [0.1, 0.15) is 6.10 Å². The van der Waals surface area contributed by atoms with Crippen LogP contribution in [0, 0.1) is 17.1 Å². The molecule has 1 heterocycles. The van der Waals surface area contributed by atoms with Crippen molar-refractivity contribution in [3.63, 3.8) is 0 Å². The number of nitriles is 1. The fourth-order valence-electron chi connectivity index (χ4n) is 1.54. The average Bonchev–Trinajstić information content (AvgIpc) is 2.42. The van der Waals surface area contributed by atoms with E-state index in [-0.39, 0.29) is 17.4 Å². The molecule has 1 aromatic carbocycles. The molecule has 0 amide bonds. The summed E-state index contributed by atoms with van der Waals surface area (Å²) >= 11 is 0. The second-order valence-corrected chi connectivity index (χ2v) is 3.80. The van der Waals surface area contributed by atoms with Crippen LogP contribution in [0.4, 0.5) is 4.39 Å². The van der Waals surface area contributed by atoms with Crippen molar-refractivity contribution in [2.45, 2.75) is 13.0 Å². The maximum Gasteiger partial charge on any atom is 0.166 e. The number of benzene rings is 1. The van der Waals surface area contributed by atoms with Crippen LogP contribution in [-0.2, 0) is 0 Å². The topological polar surface area (TPSA) is 45.9 Å². The van der Waals surface area contributed by atoms with Crippen LogP contribution < -0.4 is 4.74 Å². The Morgan fingerprint density at radius 2 is 2.22 bits per heavy atom. The Labute approximate surface area is 104 Å². The first-order valence-electron chi connectivity index (χ1n) is 5.47. The third-order valence-corrected chi connectivity index (χ3v) is 2.52. The molecular formula is C14H11FN2O. The fourth-order valence-corrected chi connectivity index (χ4v) is 1.54. The first-order chi connectivity index (χ1) is 8.70. The maximum atomic E-state index is 13.6. The van der Waals surface area contributed by atoms with E-state index in [1.54, 1.807) is 18.5 Å². The number of halogens is 1. The second-order valence-electron chi connectivity index (χ2n) is 3.80. The van der Waals surface area contributed by atoms with Gasteiger partial charge >= 0.3 is 0 Å². The summed E-state index contributed by atoms with van der Waals surface area (Å²) in [7, 11) is 0. The Bertz CT molecular complexity index is 578. The summed E-state index contributed by atoms with van der Waals surface area (Å²) in [4.78, 5) is 3.98. The molecule has 18 heavy (non-hydrogen) atoms. The molecule has 0 aliphatic carbocycles. The van der Waals surface area contributed by atoms with Crippen LogP contribution in [0.2, 0.25) is 0 Å². The number of nitrogens with zero attached hydrogens (tertiary/aromatic N) is 2. The monoisotopic (exact) mass is 242 g/mol. The lowest BCUT2D eigenvalue weighted by molar-refractivity contribution is 0.216. The fraction of sp³-hybridized carbons (Fsp3) is 0.143. The summed E-state index contributed by atoms with van der Waals surface area (Å²) in [5, 5.41) is 8.65. The lowest BCUT2D eigenvalue weighted by Gasteiger charge is -2.15. The highest BCUT2D eigenvalue weighted by molar-refractivity contribution is 5.36. The molecule has 1 aromatic heterocycles. The van der Waals surface area contributed by atoms with Gasteiger partial charge in [-0.15, -0.1) is 0 Å². The quantitative estimate of drug-likeness (QED) is 0.830. The molecule has 2 rings (SSSR count). The average molecular weight is 242 g/mol. The predicted octanol–water partition coefficient (Wildman–Crippen LogP) is 3.23. The predicted molar refractivity (Wildman–Crippen MR) is 64.4 cm³/mol. The van der Waals surface area contributed by atoms with Crippen LogP contribution in [-0.4, -0.2) is 4.98 Å². The molecule has 0 spiro atoms. The van der Waals surface area contributed by atoms with Gasteiger partial charge in [-0.3, -0.25) is 4.98 Å². The first-order valence-corrected chi connectivity index (χ1v) is 5.47. The third kappa shape index (κ3) is 2.64. The number of hydrogen-bond acceptors (Lipinski definition) is 3. The number of hydrogen-bond donors (Lipinski definition) is 0. The van der Waals surface area contributed by atoms with Crippen LogP contribution in [0.25, 0.3) is 0 Å².